The summed E-state index contributed by atoms with van der Waals surface area (Å²) in [6.07, 6.45) is 0.843. The molecule has 0 radical (unpaired) electrons. The first kappa shape index (κ1) is 21.3. The number of carbonyl (C=O) groups is 2. The third-order valence-electron chi connectivity index (χ3n) is 5.84. The van der Waals surface area contributed by atoms with Crippen LogP contribution in [0.25, 0.3) is 0 Å². The lowest BCUT2D eigenvalue weighted by Gasteiger charge is -2.37. The van der Waals surface area contributed by atoms with Crippen LogP contribution >= 0.6 is 0 Å². The number of rotatable bonds is 4. The van der Waals surface area contributed by atoms with Gasteiger partial charge in [0.25, 0.3) is 5.91 Å². The summed E-state index contributed by atoms with van der Waals surface area (Å²) < 4.78 is 20.5. The molecule has 2 aromatic rings. The minimum Gasteiger partial charge on any atom is -0.372 e. The van der Waals surface area contributed by atoms with Gasteiger partial charge in [-0.05, 0) is 61.7 Å². The number of morpholine rings is 1. The molecule has 2 heterocycles. The standard InChI is InChI=1S/C24H28FN3O3/c1-15-13-27(14-16(2)31-15)23-6-4-18(10-21(23)25)12-26-24(30)20-5-7-22-19(11-20)8-9-28(22)17(3)29/h4-7,10-11,15-16H,8-9,12-14H2,1-3H3,(H,26,30). The molecule has 6 nitrogen and oxygen atoms in total. The molecule has 7 heteroatoms. The lowest BCUT2D eigenvalue weighted by Crippen LogP contribution is -2.45. The Hall–Kier alpha value is -2.93. The SMILES string of the molecule is CC(=O)N1CCc2cc(C(=O)NCc3ccc(N4CC(C)OC(C)C4)c(F)c3)ccc21. The zero-order chi connectivity index (χ0) is 22.1. The van der Waals surface area contributed by atoms with Crippen LogP contribution < -0.4 is 15.1 Å². The van der Waals surface area contributed by atoms with Gasteiger partial charge in [0, 0.05) is 44.4 Å². The van der Waals surface area contributed by atoms with E-state index >= 15 is 0 Å². The third-order valence-corrected chi connectivity index (χ3v) is 5.84. The Kier molecular flexibility index (Phi) is 5.96. The second kappa shape index (κ2) is 8.67. The lowest BCUT2D eigenvalue weighted by atomic mass is 10.1. The van der Waals surface area contributed by atoms with Gasteiger partial charge in [0.2, 0.25) is 5.91 Å². The molecule has 0 bridgehead atoms. The fourth-order valence-electron chi connectivity index (χ4n) is 4.45. The Balaban J connectivity index is 1.40. The van der Waals surface area contributed by atoms with E-state index in [1.165, 1.54) is 6.07 Å². The molecule has 2 aliphatic rings. The zero-order valence-electron chi connectivity index (χ0n) is 18.2. The normalized spacial score (nSPS) is 20.5. The molecular formula is C24H28FN3O3. The molecule has 1 N–H and O–H groups in total. The topological polar surface area (TPSA) is 61.9 Å². The number of ether oxygens (including phenoxy) is 1. The highest BCUT2D eigenvalue weighted by atomic mass is 19.1. The van der Waals surface area contributed by atoms with Gasteiger partial charge in [-0.25, -0.2) is 4.39 Å². The number of benzene rings is 2. The van der Waals surface area contributed by atoms with E-state index in [1.54, 1.807) is 24.0 Å². The second-order valence-electron chi connectivity index (χ2n) is 8.39. The number of nitrogens with one attached hydrogen (secondary N) is 1. The molecule has 0 aliphatic carbocycles. The molecule has 2 atom stereocenters. The van der Waals surface area contributed by atoms with E-state index in [9.17, 15) is 14.0 Å². The number of halogens is 1. The Labute approximate surface area is 182 Å². The van der Waals surface area contributed by atoms with Crippen molar-refractivity contribution >= 4 is 23.2 Å². The number of hydrogen-bond donors (Lipinski definition) is 1. The van der Waals surface area contributed by atoms with Gasteiger partial charge in [-0.1, -0.05) is 6.07 Å². The first-order chi connectivity index (χ1) is 14.8. The van der Waals surface area contributed by atoms with Gasteiger partial charge < -0.3 is 19.9 Å². The quantitative estimate of drug-likeness (QED) is 0.817. The number of nitrogens with zero attached hydrogens (tertiary/aromatic N) is 2. The lowest BCUT2D eigenvalue weighted by molar-refractivity contribution is -0.116. The first-order valence-corrected chi connectivity index (χ1v) is 10.7. The number of anilines is 2. The molecule has 2 unspecified atom stereocenters. The van der Waals surface area contributed by atoms with E-state index in [1.807, 2.05) is 36.9 Å². The van der Waals surface area contributed by atoms with Crippen molar-refractivity contribution in [1.29, 1.82) is 0 Å². The van der Waals surface area contributed by atoms with Gasteiger partial charge in [-0.2, -0.15) is 0 Å². The highest BCUT2D eigenvalue weighted by Gasteiger charge is 2.25. The number of fused-ring (bicyclic) bond motifs is 1. The van der Waals surface area contributed by atoms with Gasteiger partial charge in [0.15, 0.2) is 0 Å². The van der Waals surface area contributed by atoms with E-state index in [4.69, 9.17) is 4.74 Å². The van der Waals surface area contributed by atoms with Crippen molar-refractivity contribution in [1.82, 2.24) is 5.32 Å². The number of carbonyl (C=O) groups excluding carboxylic acids is 2. The molecule has 1 saturated heterocycles. The smallest absolute Gasteiger partial charge is 0.251 e. The van der Waals surface area contributed by atoms with Crippen LogP contribution in [0, 0.1) is 5.82 Å². The van der Waals surface area contributed by atoms with E-state index in [2.05, 4.69) is 5.32 Å². The highest BCUT2D eigenvalue weighted by Crippen LogP contribution is 2.29. The van der Waals surface area contributed by atoms with Crippen molar-refractivity contribution < 1.29 is 18.7 Å². The predicted octanol–water partition coefficient (Wildman–Crippen LogP) is 3.28. The number of hydrogen-bond acceptors (Lipinski definition) is 4. The van der Waals surface area contributed by atoms with Crippen LogP contribution in [0.4, 0.5) is 15.8 Å². The third kappa shape index (κ3) is 4.56. The molecule has 164 valence electrons. The summed E-state index contributed by atoms with van der Waals surface area (Å²) in [5.41, 5.74) is 3.66. The van der Waals surface area contributed by atoms with E-state index in [-0.39, 0.29) is 36.4 Å². The van der Waals surface area contributed by atoms with Crippen molar-refractivity contribution in [2.45, 2.75) is 45.9 Å². The number of amides is 2. The molecule has 31 heavy (non-hydrogen) atoms. The molecular weight excluding hydrogens is 397 g/mol. The van der Waals surface area contributed by atoms with E-state index in [0.717, 1.165) is 17.7 Å². The summed E-state index contributed by atoms with van der Waals surface area (Å²) >= 11 is 0. The van der Waals surface area contributed by atoms with Crippen LogP contribution in [0.3, 0.4) is 0 Å². The van der Waals surface area contributed by atoms with E-state index in [0.29, 0.717) is 36.4 Å². The van der Waals surface area contributed by atoms with Crippen LogP contribution in [0.1, 0.15) is 42.3 Å². The average molecular weight is 426 g/mol. The van der Waals surface area contributed by atoms with Crippen LogP contribution in [0.15, 0.2) is 36.4 Å². The van der Waals surface area contributed by atoms with Crippen molar-refractivity contribution in [2.24, 2.45) is 0 Å². The molecule has 2 amide bonds. The average Bonchev–Trinajstić information content (AvgIpc) is 3.15. The summed E-state index contributed by atoms with van der Waals surface area (Å²) in [4.78, 5) is 28.0. The van der Waals surface area contributed by atoms with Crippen LogP contribution in [-0.4, -0.2) is 43.7 Å². The monoisotopic (exact) mass is 425 g/mol. The van der Waals surface area contributed by atoms with Crippen LogP contribution in [0.2, 0.25) is 0 Å². The maximum Gasteiger partial charge on any atom is 0.251 e. The predicted molar refractivity (Wildman–Crippen MR) is 118 cm³/mol. The fourth-order valence-corrected chi connectivity index (χ4v) is 4.45. The highest BCUT2D eigenvalue weighted by molar-refractivity contribution is 5.97. The Morgan fingerprint density at radius 1 is 1.10 bits per heavy atom. The molecule has 0 spiro atoms. The maximum atomic E-state index is 14.8. The van der Waals surface area contributed by atoms with Gasteiger partial charge >= 0.3 is 0 Å². The van der Waals surface area contributed by atoms with E-state index < -0.39 is 0 Å². The molecule has 2 aliphatic heterocycles. The molecule has 0 saturated carbocycles. The summed E-state index contributed by atoms with van der Waals surface area (Å²) in [6.45, 7) is 7.70. The largest absolute Gasteiger partial charge is 0.372 e. The first-order valence-electron chi connectivity index (χ1n) is 10.7. The van der Waals surface area contributed by atoms with Gasteiger partial charge in [-0.15, -0.1) is 0 Å². The molecule has 0 aromatic heterocycles. The van der Waals surface area contributed by atoms with Gasteiger partial charge in [0.05, 0.1) is 17.9 Å². The van der Waals surface area contributed by atoms with Gasteiger partial charge in [0.1, 0.15) is 5.82 Å². The summed E-state index contributed by atoms with van der Waals surface area (Å²) in [6, 6.07) is 10.5. The molecule has 1 fully saturated rings. The van der Waals surface area contributed by atoms with Gasteiger partial charge in [-0.3, -0.25) is 9.59 Å². The minimum atomic E-state index is -0.296. The van der Waals surface area contributed by atoms with Crippen molar-refractivity contribution in [3.8, 4) is 0 Å². The summed E-state index contributed by atoms with van der Waals surface area (Å²) in [5.74, 6) is -0.512. The Bertz CT molecular complexity index is 1000. The van der Waals surface area contributed by atoms with Crippen LogP contribution in [0.5, 0.6) is 0 Å². The molecule has 2 aromatic carbocycles. The van der Waals surface area contributed by atoms with Crippen molar-refractivity contribution in [3.05, 3.63) is 58.9 Å². The fraction of sp³-hybridized carbons (Fsp3) is 0.417. The van der Waals surface area contributed by atoms with Crippen molar-refractivity contribution in [3.63, 3.8) is 0 Å². The molecule has 4 rings (SSSR count). The second-order valence-corrected chi connectivity index (χ2v) is 8.39. The Morgan fingerprint density at radius 3 is 2.48 bits per heavy atom. The minimum absolute atomic E-state index is 0.00224. The Morgan fingerprint density at radius 2 is 1.81 bits per heavy atom. The summed E-state index contributed by atoms with van der Waals surface area (Å²) in [5, 5.41) is 2.86. The zero-order valence-corrected chi connectivity index (χ0v) is 18.2. The maximum absolute atomic E-state index is 14.8. The van der Waals surface area contributed by atoms with Crippen molar-refractivity contribution in [2.75, 3.05) is 29.4 Å². The van der Waals surface area contributed by atoms with Crippen LogP contribution in [-0.2, 0) is 22.5 Å². The summed E-state index contributed by atoms with van der Waals surface area (Å²) in [7, 11) is 0.